The fourth-order valence-electron chi connectivity index (χ4n) is 4.08. The SMILES string of the molecule is CC[C@H](C)[C@H](NC(=O)C1CCC(Cn2cnc3ccccc3c2=O)CC1)C(=O)O. The smallest absolute Gasteiger partial charge is 0.326 e. The Kier molecular flexibility index (Phi) is 6.67. The van der Waals surface area contributed by atoms with E-state index in [4.69, 9.17) is 0 Å². The number of nitrogens with one attached hydrogen (secondary N) is 1. The topological polar surface area (TPSA) is 101 Å². The van der Waals surface area contributed by atoms with Crippen LogP contribution in [-0.4, -0.2) is 32.6 Å². The van der Waals surface area contributed by atoms with Crippen LogP contribution in [0.25, 0.3) is 10.9 Å². The van der Waals surface area contributed by atoms with E-state index in [1.807, 2.05) is 32.0 Å². The summed E-state index contributed by atoms with van der Waals surface area (Å²) in [6.45, 7) is 4.35. The first kappa shape index (κ1) is 21.0. The highest BCUT2D eigenvalue weighted by Crippen LogP contribution is 2.30. The van der Waals surface area contributed by atoms with Crippen LogP contribution in [0, 0.1) is 17.8 Å². The normalized spacial score (nSPS) is 21.4. The Bertz CT molecular complexity index is 931. The van der Waals surface area contributed by atoms with Crippen molar-refractivity contribution in [2.24, 2.45) is 17.8 Å². The Balaban J connectivity index is 1.58. The van der Waals surface area contributed by atoms with E-state index in [9.17, 15) is 19.5 Å². The number of carboxylic acid groups (broad SMARTS) is 1. The molecule has 0 bridgehead atoms. The zero-order chi connectivity index (χ0) is 21.0. The van der Waals surface area contributed by atoms with Crippen LogP contribution in [0.15, 0.2) is 35.4 Å². The Morgan fingerprint density at radius 1 is 1.24 bits per heavy atom. The van der Waals surface area contributed by atoms with Gasteiger partial charge in [0.15, 0.2) is 0 Å². The van der Waals surface area contributed by atoms with E-state index in [1.165, 1.54) is 0 Å². The lowest BCUT2D eigenvalue weighted by Gasteiger charge is -2.29. The first-order chi connectivity index (χ1) is 13.9. The zero-order valence-corrected chi connectivity index (χ0v) is 17.0. The van der Waals surface area contributed by atoms with E-state index in [2.05, 4.69) is 10.3 Å². The van der Waals surface area contributed by atoms with Crippen molar-refractivity contribution in [3.05, 3.63) is 40.9 Å². The first-order valence-electron chi connectivity index (χ1n) is 10.4. The molecule has 2 atom stereocenters. The number of amides is 1. The predicted molar refractivity (Wildman–Crippen MR) is 110 cm³/mol. The van der Waals surface area contributed by atoms with Gasteiger partial charge in [-0.3, -0.25) is 14.2 Å². The molecule has 1 fully saturated rings. The first-order valence-corrected chi connectivity index (χ1v) is 10.4. The van der Waals surface area contributed by atoms with Crippen molar-refractivity contribution < 1.29 is 14.7 Å². The molecule has 1 heterocycles. The molecule has 156 valence electrons. The number of hydrogen-bond donors (Lipinski definition) is 2. The number of hydrogen-bond acceptors (Lipinski definition) is 4. The highest BCUT2D eigenvalue weighted by Gasteiger charge is 2.31. The molecular formula is C22H29N3O4. The van der Waals surface area contributed by atoms with Crippen molar-refractivity contribution in [2.75, 3.05) is 0 Å². The average molecular weight is 399 g/mol. The third kappa shape index (κ3) is 4.83. The van der Waals surface area contributed by atoms with E-state index in [0.717, 1.165) is 12.8 Å². The van der Waals surface area contributed by atoms with Crippen molar-refractivity contribution in [2.45, 2.75) is 58.5 Å². The molecule has 1 saturated carbocycles. The molecular weight excluding hydrogens is 370 g/mol. The largest absolute Gasteiger partial charge is 0.480 e. The second-order valence-corrected chi connectivity index (χ2v) is 8.15. The summed E-state index contributed by atoms with van der Waals surface area (Å²) in [6.07, 6.45) is 5.38. The standard InChI is InChI=1S/C22H29N3O4/c1-3-14(2)19(22(28)29)24-20(26)16-10-8-15(9-11-16)12-25-13-23-18-7-5-4-6-17(18)21(25)27/h4-7,13-16,19H,3,8-12H2,1-2H3,(H,24,26)(H,28,29)/t14-,15?,16?,19-/m0/s1. The quantitative estimate of drug-likeness (QED) is 0.745. The Hall–Kier alpha value is -2.70. The van der Waals surface area contributed by atoms with Gasteiger partial charge in [-0.2, -0.15) is 0 Å². The lowest BCUT2D eigenvalue weighted by atomic mass is 9.81. The summed E-state index contributed by atoms with van der Waals surface area (Å²) in [6, 6.07) is 6.48. The summed E-state index contributed by atoms with van der Waals surface area (Å²) >= 11 is 0. The Morgan fingerprint density at radius 2 is 1.93 bits per heavy atom. The van der Waals surface area contributed by atoms with E-state index in [-0.39, 0.29) is 23.3 Å². The molecule has 7 nitrogen and oxygen atoms in total. The predicted octanol–water partition coefficient (Wildman–Crippen LogP) is 2.82. The molecule has 1 aromatic carbocycles. The minimum Gasteiger partial charge on any atom is -0.480 e. The van der Waals surface area contributed by atoms with Gasteiger partial charge >= 0.3 is 5.97 Å². The van der Waals surface area contributed by atoms with Gasteiger partial charge < -0.3 is 10.4 Å². The summed E-state index contributed by atoms with van der Waals surface area (Å²) in [5, 5.41) is 12.7. The molecule has 0 unspecified atom stereocenters. The van der Waals surface area contributed by atoms with E-state index in [0.29, 0.717) is 42.6 Å². The Morgan fingerprint density at radius 3 is 2.59 bits per heavy atom. The van der Waals surface area contributed by atoms with Crippen LogP contribution in [0.2, 0.25) is 0 Å². The highest BCUT2D eigenvalue weighted by molar-refractivity contribution is 5.85. The maximum atomic E-state index is 12.7. The molecule has 1 aromatic heterocycles. The maximum Gasteiger partial charge on any atom is 0.326 e. The van der Waals surface area contributed by atoms with Crippen LogP contribution in [0.5, 0.6) is 0 Å². The number of carbonyl (C=O) groups excluding carboxylic acids is 1. The van der Waals surface area contributed by atoms with Crippen LogP contribution in [0.1, 0.15) is 46.0 Å². The molecule has 1 amide bonds. The van der Waals surface area contributed by atoms with Gasteiger partial charge in [-0.25, -0.2) is 9.78 Å². The number of nitrogens with zero attached hydrogens (tertiary/aromatic N) is 2. The van der Waals surface area contributed by atoms with Gasteiger partial charge in [0.2, 0.25) is 5.91 Å². The van der Waals surface area contributed by atoms with Crippen LogP contribution < -0.4 is 10.9 Å². The third-order valence-corrected chi connectivity index (χ3v) is 6.18. The summed E-state index contributed by atoms with van der Waals surface area (Å²) in [5.41, 5.74) is 0.664. The molecule has 0 radical (unpaired) electrons. The molecule has 29 heavy (non-hydrogen) atoms. The van der Waals surface area contributed by atoms with E-state index in [1.54, 1.807) is 17.0 Å². The molecule has 7 heteroatoms. The molecule has 2 N–H and O–H groups in total. The van der Waals surface area contributed by atoms with Gasteiger partial charge in [0.1, 0.15) is 6.04 Å². The maximum absolute atomic E-state index is 12.7. The number of carboxylic acids is 1. The van der Waals surface area contributed by atoms with Crippen molar-refractivity contribution in [1.82, 2.24) is 14.9 Å². The van der Waals surface area contributed by atoms with Gasteiger partial charge in [0, 0.05) is 12.5 Å². The van der Waals surface area contributed by atoms with Gasteiger partial charge in [-0.1, -0.05) is 32.4 Å². The number of aliphatic carboxylic acids is 1. The van der Waals surface area contributed by atoms with Crippen LogP contribution in [0.4, 0.5) is 0 Å². The van der Waals surface area contributed by atoms with Crippen LogP contribution in [-0.2, 0) is 16.1 Å². The summed E-state index contributed by atoms with van der Waals surface area (Å²) in [7, 11) is 0. The summed E-state index contributed by atoms with van der Waals surface area (Å²) in [4.78, 5) is 41.0. The number of para-hydroxylation sites is 1. The fraction of sp³-hybridized carbons (Fsp3) is 0.545. The average Bonchev–Trinajstić information content (AvgIpc) is 2.73. The third-order valence-electron chi connectivity index (χ3n) is 6.18. The number of rotatable bonds is 7. The second kappa shape index (κ2) is 9.20. The van der Waals surface area contributed by atoms with E-state index >= 15 is 0 Å². The van der Waals surface area contributed by atoms with Crippen molar-refractivity contribution in [3.8, 4) is 0 Å². The number of benzene rings is 1. The van der Waals surface area contributed by atoms with Gasteiger partial charge in [-0.15, -0.1) is 0 Å². The van der Waals surface area contributed by atoms with Crippen molar-refractivity contribution in [1.29, 1.82) is 0 Å². The minimum atomic E-state index is -0.982. The van der Waals surface area contributed by atoms with Gasteiger partial charge in [0.05, 0.1) is 17.2 Å². The Labute approximate surface area is 170 Å². The number of fused-ring (bicyclic) bond motifs is 1. The lowest BCUT2D eigenvalue weighted by Crippen LogP contribution is -2.47. The number of aromatic nitrogens is 2. The fourth-order valence-corrected chi connectivity index (χ4v) is 4.08. The van der Waals surface area contributed by atoms with Crippen LogP contribution >= 0.6 is 0 Å². The summed E-state index contributed by atoms with van der Waals surface area (Å²) < 4.78 is 1.66. The molecule has 0 aliphatic heterocycles. The molecule has 0 saturated heterocycles. The number of carbonyl (C=O) groups is 2. The molecule has 2 aromatic rings. The molecule has 0 spiro atoms. The van der Waals surface area contributed by atoms with Gasteiger partial charge in [0.25, 0.3) is 5.56 Å². The highest BCUT2D eigenvalue weighted by atomic mass is 16.4. The van der Waals surface area contributed by atoms with Gasteiger partial charge in [-0.05, 0) is 49.7 Å². The van der Waals surface area contributed by atoms with Crippen molar-refractivity contribution in [3.63, 3.8) is 0 Å². The van der Waals surface area contributed by atoms with E-state index < -0.39 is 12.0 Å². The minimum absolute atomic E-state index is 0.0340. The second-order valence-electron chi connectivity index (χ2n) is 8.15. The lowest BCUT2D eigenvalue weighted by molar-refractivity contribution is -0.144. The van der Waals surface area contributed by atoms with Crippen molar-refractivity contribution >= 4 is 22.8 Å². The molecule has 1 aliphatic carbocycles. The van der Waals surface area contributed by atoms with Crippen LogP contribution in [0.3, 0.4) is 0 Å². The monoisotopic (exact) mass is 399 g/mol. The summed E-state index contributed by atoms with van der Waals surface area (Å²) in [5.74, 6) is -1.11. The molecule has 1 aliphatic rings. The zero-order valence-electron chi connectivity index (χ0n) is 17.0. The molecule has 3 rings (SSSR count).